The lowest BCUT2D eigenvalue weighted by Gasteiger charge is -2.42. The molecule has 11 aromatic rings. The van der Waals surface area contributed by atoms with E-state index in [1.807, 2.05) is 11.3 Å². The Bertz CT molecular complexity index is 3970. The number of thiophene rings is 1. The molecule has 1 aliphatic carbocycles. The summed E-state index contributed by atoms with van der Waals surface area (Å²) in [5, 5.41) is 8.40. The van der Waals surface area contributed by atoms with Gasteiger partial charge in [0.05, 0.1) is 22.1 Å². The minimum atomic E-state index is -0.139. The molecule has 0 fully saturated rings. The van der Waals surface area contributed by atoms with Gasteiger partial charge in [0.1, 0.15) is 22.3 Å². The van der Waals surface area contributed by atoms with Gasteiger partial charge in [-0.3, -0.25) is 0 Å². The predicted octanol–water partition coefficient (Wildman–Crippen LogP) is 16.0. The van der Waals surface area contributed by atoms with Gasteiger partial charge >= 0.3 is 6.85 Å². The van der Waals surface area contributed by atoms with Crippen LogP contribution in [0, 0.1) is 0 Å². The van der Waals surface area contributed by atoms with Crippen LogP contribution in [-0.4, -0.2) is 11.4 Å². The molecular formula is C60H53BN2O2S. The Morgan fingerprint density at radius 2 is 1.24 bits per heavy atom. The number of anilines is 2. The van der Waals surface area contributed by atoms with Crippen LogP contribution in [0.1, 0.15) is 104 Å². The summed E-state index contributed by atoms with van der Waals surface area (Å²) in [6.45, 7) is 23.6. The van der Waals surface area contributed by atoms with Crippen LogP contribution >= 0.6 is 11.3 Å². The molecule has 0 atom stereocenters. The molecule has 0 radical (unpaired) electrons. The van der Waals surface area contributed by atoms with Crippen molar-refractivity contribution in [1.82, 2.24) is 4.57 Å². The van der Waals surface area contributed by atoms with Gasteiger partial charge in [0.2, 0.25) is 0 Å². The van der Waals surface area contributed by atoms with Crippen molar-refractivity contribution in [2.24, 2.45) is 0 Å². The van der Waals surface area contributed by atoms with Crippen molar-refractivity contribution in [3.8, 4) is 16.8 Å². The van der Waals surface area contributed by atoms with Crippen molar-refractivity contribution < 1.29 is 8.83 Å². The van der Waals surface area contributed by atoms with E-state index in [1.165, 1.54) is 105 Å². The first-order valence-corrected chi connectivity index (χ1v) is 24.7. The number of aromatic nitrogens is 1. The lowest BCUT2D eigenvalue weighted by atomic mass is 9.47. The molecule has 14 rings (SSSR count). The lowest BCUT2D eigenvalue weighted by molar-refractivity contribution is 0.332. The van der Waals surface area contributed by atoms with Gasteiger partial charge in [-0.2, -0.15) is 0 Å². The third-order valence-electron chi connectivity index (χ3n) is 16.1. The lowest BCUT2D eigenvalue weighted by Crippen LogP contribution is -2.59. The van der Waals surface area contributed by atoms with Crippen LogP contribution < -0.4 is 15.1 Å². The van der Waals surface area contributed by atoms with E-state index in [0.717, 1.165) is 44.2 Å². The Hall–Kier alpha value is -6.24. The van der Waals surface area contributed by atoms with E-state index in [0.29, 0.717) is 0 Å². The fourth-order valence-electron chi connectivity index (χ4n) is 12.4. The molecular weight excluding hydrogens is 824 g/mol. The van der Waals surface area contributed by atoms with Gasteiger partial charge in [-0.05, 0) is 122 Å². The van der Waals surface area contributed by atoms with E-state index in [2.05, 4.69) is 194 Å². The number of benzene rings is 7. The first kappa shape index (κ1) is 39.0. The molecule has 0 saturated heterocycles. The van der Waals surface area contributed by atoms with Gasteiger partial charge in [0.25, 0.3) is 0 Å². The highest BCUT2D eigenvalue weighted by molar-refractivity contribution is 7.32. The number of furan rings is 2. The fraction of sp³-hybridized carbons (Fsp3) is 0.267. The second kappa shape index (κ2) is 12.4. The van der Waals surface area contributed by atoms with E-state index in [4.69, 9.17) is 8.83 Å². The maximum atomic E-state index is 7.29. The fourth-order valence-corrected chi connectivity index (χ4v) is 13.7. The molecule has 6 heteroatoms. The van der Waals surface area contributed by atoms with Crippen LogP contribution in [0.15, 0.2) is 124 Å². The maximum Gasteiger partial charge on any atom is 0.343 e. The van der Waals surface area contributed by atoms with Crippen molar-refractivity contribution >= 4 is 116 Å². The van der Waals surface area contributed by atoms with Crippen LogP contribution in [0.5, 0.6) is 0 Å². The summed E-state index contributed by atoms with van der Waals surface area (Å²) in [4.78, 5) is 2.67. The van der Waals surface area contributed by atoms with E-state index >= 15 is 0 Å². The quantitative estimate of drug-likeness (QED) is 0.154. The summed E-state index contributed by atoms with van der Waals surface area (Å²) in [5.74, 6) is 0. The second-order valence-electron chi connectivity index (χ2n) is 23.1. The van der Waals surface area contributed by atoms with Gasteiger partial charge in [-0.15, -0.1) is 11.3 Å². The molecule has 4 nitrogen and oxygen atoms in total. The number of hydrogen-bond acceptors (Lipinski definition) is 4. The van der Waals surface area contributed by atoms with E-state index in [9.17, 15) is 0 Å². The van der Waals surface area contributed by atoms with Crippen LogP contribution in [0.3, 0.4) is 0 Å². The van der Waals surface area contributed by atoms with E-state index in [-0.39, 0.29) is 28.5 Å². The third-order valence-corrected chi connectivity index (χ3v) is 17.3. The first-order valence-electron chi connectivity index (χ1n) is 23.9. The zero-order chi connectivity index (χ0) is 45.1. The minimum absolute atomic E-state index is 0.0163. The highest BCUT2D eigenvalue weighted by atomic mass is 32.1. The van der Waals surface area contributed by atoms with E-state index in [1.54, 1.807) is 0 Å². The number of para-hydroxylation sites is 2. The minimum Gasteiger partial charge on any atom is -0.456 e. The number of rotatable bonds is 1. The molecule has 0 bridgehead atoms. The molecule has 0 amide bonds. The largest absolute Gasteiger partial charge is 0.456 e. The average molecular weight is 877 g/mol. The molecule has 0 spiro atoms. The summed E-state index contributed by atoms with van der Waals surface area (Å²) < 4.78 is 19.5. The summed E-state index contributed by atoms with van der Waals surface area (Å²) in [6.07, 6.45) is 2.35. The Balaban J connectivity index is 1.23. The van der Waals surface area contributed by atoms with Gasteiger partial charge in [0.15, 0.2) is 0 Å². The highest BCUT2D eigenvalue weighted by Crippen LogP contribution is 2.55. The van der Waals surface area contributed by atoms with Gasteiger partial charge in [0, 0.05) is 64.8 Å². The van der Waals surface area contributed by atoms with Crippen molar-refractivity contribution in [3.63, 3.8) is 0 Å². The van der Waals surface area contributed by atoms with Crippen molar-refractivity contribution in [3.05, 3.63) is 138 Å². The molecule has 2 aliphatic heterocycles. The first-order chi connectivity index (χ1) is 31.5. The number of hydrogen-bond donors (Lipinski definition) is 0. The van der Waals surface area contributed by atoms with E-state index < -0.39 is 0 Å². The smallest absolute Gasteiger partial charge is 0.343 e. The van der Waals surface area contributed by atoms with Crippen LogP contribution in [0.25, 0.3) is 92.6 Å². The maximum absolute atomic E-state index is 7.29. The number of nitrogens with zero attached hydrogens (tertiary/aromatic N) is 2. The molecule has 4 aromatic heterocycles. The van der Waals surface area contributed by atoms with Gasteiger partial charge < -0.3 is 18.2 Å². The zero-order valence-corrected chi connectivity index (χ0v) is 40.4. The Labute approximate surface area is 389 Å². The normalized spacial score (nSPS) is 16.4. The highest BCUT2D eigenvalue weighted by Gasteiger charge is 2.48. The molecule has 324 valence electrons. The molecule has 0 unspecified atom stereocenters. The SMILES string of the molecule is CC(C)(C)c1ccc(N2B3c4sc5cc6c(cc5c4-n4c5ccc(C(C)(C)C)cc5c5c7oc8ccccc8c7c(c3c54)-c3cc4c(cc32)oc2ccccc24)C(C)(C)CCC6(C)C)cc1. The van der Waals surface area contributed by atoms with Crippen molar-refractivity contribution in [2.45, 2.75) is 104 Å². The van der Waals surface area contributed by atoms with Gasteiger partial charge in [-0.25, -0.2) is 0 Å². The molecule has 0 N–H and O–H groups in total. The predicted molar refractivity (Wildman–Crippen MR) is 282 cm³/mol. The molecule has 3 aliphatic rings. The van der Waals surface area contributed by atoms with Crippen LogP contribution in [0.4, 0.5) is 11.4 Å². The topological polar surface area (TPSA) is 34.5 Å². The summed E-state index contributed by atoms with van der Waals surface area (Å²) in [6, 6.07) is 43.9. The standard InChI is InChI=1S/C60H53BN2O2S/c1-57(2,3)32-19-22-34(23-20-32)63-44-31-47-37(35-15-11-13-17-45(35)64-47)28-39(44)49-50-36-16-12-14-18-46(36)65-55(50)51-38-27-33(58(4,5)6)21-24-43(38)62-53-40-29-41-42(60(9,10)26-25-59(41,7)8)30-48(40)66-56(53)61(63)52(49)54(51)62/h11-24,27-31H,25-26H2,1-10H3. The monoisotopic (exact) mass is 876 g/mol. The molecule has 6 heterocycles. The second-order valence-corrected chi connectivity index (χ2v) is 24.2. The Kier molecular flexibility index (Phi) is 7.32. The summed E-state index contributed by atoms with van der Waals surface area (Å²) in [7, 11) is 0. The summed E-state index contributed by atoms with van der Waals surface area (Å²) >= 11 is 2.01. The van der Waals surface area contributed by atoms with Gasteiger partial charge in [-0.1, -0.05) is 124 Å². The molecule has 7 aromatic carbocycles. The molecule has 0 saturated carbocycles. The van der Waals surface area contributed by atoms with Crippen molar-refractivity contribution in [2.75, 3.05) is 4.81 Å². The van der Waals surface area contributed by atoms with Crippen LogP contribution in [0.2, 0.25) is 0 Å². The number of fused-ring (bicyclic) bond motifs is 19. The summed E-state index contributed by atoms with van der Waals surface area (Å²) in [5.41, 5.74) is 19.4. The average Bonchev–Trinajstić information content (AvgIpc) is 4.04. The molecule has 66 heavy (non-hydrogen) atoms. The van der Waals surface area contributed by atoms with Crippen LogP contribution in [-0.2, 0) is 21.7 Å². The zero-order valence-electron chi connectivity index (χ0n) is 39.6. The Morgan fingerprint density at radius 1 is 0.591 bits per heavy atom. The Morgan fingerprint density at radius 3 is 1.95 bits per heavy atom. The van der Waals surface area contributed by atoms with Crippen molar-refractivity contribution in [1.29, 1.82) is 0 Å². The third kappa shape index (κ3) is 4.96.